The zero-order chi connectivity index (χ0) is 20.3. The molecule has 7 heteroatoms. The van der Waals surface area contributed by atoms with E-state index in [0.29, 0.717) is 5.75 Å². The highest BCUT2D eigenvalue weighted by Crippen LogP contribution is 2.30. The molecule has 148 valence electrons. The van der Waals surface area contributed by atoms with Crippen molar-refractivity contribution in [1.29, 1.82) is 0 Å². The first-order chi connectivity index (χ1) is 13.4. The number of Topliss-reactive ketones (excluding diaryl/α,β-unsaturated/α-hetero) is 1. The van der Waals surface area contributed by atoms with Crippen LogP contribution in [0.1, 0.15) is 46.2 Å². The van der Waals surface area contributed by atoms with E-state index in [-0.39, 0.29) is 5.78 Å². The van der Waals surface area contributed by atoms with Gasteiger partial charge < -0.3 is 9.88 Å². The van der Waals surface area contributed by atoms with Gasteiger partial charge in [0.05, 0.1) is 5.75 Å². The quantitative estimate of drug-likeness (QED) is 0.378. The number of carbonyl (C=O) groups excluding carboxylic acids is 1. The summed E-state index contributed by atoms with van der Waals surface area (Å²) in [6, 6.07) is 8.15. The number of nitrogens with zero attached hydrogens (tertiary/aromatic N) is 3. The third-order valence-corrected chi connectivity index (χ3v) is 6.87. The molecule has 0 aliphatic rings. The maximum Gasteiger partial charge on any atom is 0.210 e. The lowest BCUT2D eigenvalue weighted by atomic mass is 10.1. The van der Waals surface area contributed by atoms with Crippen LogP contribution in [0.3, 0.4) is 0 Å². The highest BCUT2D eigenvalue weighted by Gasteiger charge is 2.17. The van der Waals surface area contributed by atoms with Gasteiger partial charge in [-0.3, -0.25) is 4.79 Å². The van der Waals surface area contributed by atoms with E-state index in [1.807, 2.05) is 25.1 Å². The first-order valence-corrected chi connectivity index (χ1v) is 11.2. The minimum Gasteiger partial charge on any atom is -0.348 e. The van der Waals surface area contributed by atoms with Gasteiger partial charge in [0, 0.05) is 29.2 Å². The fourth-order valence-electron chi connectivity index (χ4n) is 3.18. The van der Waals surface area contributed by atoms with E-state index in [0.717, 1.165) is 45.1 Å². The van der Waals surface area contributed by atoms with Gasteiger partial charge in [0.1, 0.15) is 0 Å². The van der Waals surface area contributed by atoms with E-state index in [4.69, 9.17) is 0 Å². The SMILES string of the molecule is CCCn1c(C)cc(C(=O)CSc2nnc(Nc3cccc(C)c3C)s2)c1C. The molecule has 3 rings (SSSR count). The number of anilines is 2. The van der Waals surface area contributed by atoms with Gasteiger partial charge in [-0.25, -0.2) is 0 Å². The predicted molar refractivity (Wildman–Crippen MR) is 118 cm³/mol. The van der Waals surface area contributed by atoms with Crippen LogP contribution in [0.5, 0.6) is 0 Å². The van der Waals surface area contributed by atoms with Gasteiger partial charge in [0.2, 0.25) is 5.13 Å². The second-order valence-corrected chi connectivity index (χ2v) is 9.09. The molecule has 0 saturated carbocycles. The Bertz CT molecular complexity index is 990. The van der Waals surface area contributed by atoms with Crippen LogP contribution in [0.4, 0.5) is 10.8 Å². The van der Waals surface area contributed by atoms with Crippen LogP contribution in [0.25, 0.3) is 0 Å². The number of ketones is 1. The molecule has 1 aromatic carbocycles. The number of carbonyl (C=O) groups is 1. The van der Waals surface area contributed by atoms with E-state index in [1.165, 1.54) is 34.2 Å². The Morgan fingerprint density at radius 2 is 2.00 bits per heavy atom. The summed E-state index contributed by atoms with van der Waals surface area (Å²) in [4.78, 5) is 12.7. The average molecular weight is 415 g/mol. The van der Waals surface area contributed by atoms with Crippen molar-refractivity contribution in [3.8, 4) is 0 Å². The first kappa shape index (κ1) is 20.6. The van der Waals surface area contributed by atoms with Gasteiger partial charge in [-0.05, 0) is 57.4 Å². The monoisotopic (exact) mass is 414 g/mol. The topological polar surface area (TPSA) is 59.8 Å². The average Bonchev–Trinajstić information content (AvgIpc) is 3.23. The zero-order valence-corrected chi connectivity index (χ0v) is 18.6. The molecular weight excluding hydrogens is 388 g/mol. The molecule has 0 atom stereocenters. The summed E-state index contributed by atoms with van der Waals surface area (Å²) in [6.07, 6.45) is 1.06. The minimum atomic E-state index is 0.139. The second kappa shape index (κ2) is 8.92. The Labute approximate surface area is 174 Å². The Balaban J connectivity index is 1.64. The molecule has 0 aliphatic carbocycles. The van der Waals surface area contributed by atoms with Crippen molar-refractivity contribution < 1.29 is 4.79 Å². The number of hydrogen-bond donors (Lipinski definition) is 1. The largest absolute Gasteiger partial charge is 0.348 e. The lowest BCUT2D eigenvalue weighted by Crippen LogP contribution is -2.06. The molecule has 0 unspecified atom stereocenters. The summed E-state index contributed by atoms with van der Waals surface area (Å²) < 4.78 is 3.01. The molecule has 0 bridgehead atoms. The van der Waals surface area contributed by atoms with Crippen LogP contribution in [0, 0.1) is 27.7 Å². The molecular formula is C21H26N4OS2. The summed E-state index contributed by atoms with van der Waals surface area (Å²) in [5.41, 5.74) is 6.48. The van der Waals surface area contributed by atoms with Gasteiger partial charge >= 0.3 is 0 Å². The van der Waals surface area contributed by atoms with Crippen molar-refractivity contribution in [2.45, 2.75) is 51.9 Å². The Morgan fingerprint density at radius 1 is 1.21 bits per heavy atom. The van der Waals surface area contributed by atoms with Crippen molar-refractivity contribution in [1.82, 2.24) is 14.8 Å². The maximum atomic E-state index is 12.7. The molecule has 0 fully saturated rings. The van der Waals surface area contributed by atoms with Crippen molar-refractivity contribution in [3.05, 3.63) is 52.3 Å². The minimum absolute atomic E-state index is 0.139. The smallest absolute Gasteiger partial charge is 0.210 e. The van der Waals surface area contributed by atoms with E-state index >= 15 is 0 Å². The molecule has 0 spiro atoms. The first-order valence-electron chi connectivity index (χ1n) is 9.40. The van der Waals surface area contributed by atoms with Crippen LogP contribution in [-0.2, 0) is 6.54 Å². The fraction of sp³-hybridized carbons (Fsp3) is 0.381. The predicted octanol–water partition coefficient (Wildman–Crippen LogP) is 5.70. The number of aryl methyl sites for hydroxylation is 2. The summed E-state index contributed by atoms with van der Waals surface area (Å²) in [7, 11) is 0. The molecule has 0 saturated heterocycles. The van der Waals surface area contributed by atoms with Gasteiger partial charge in [0.25, 0.3) is 0 Å². The molecule has 3 aromatic rings. The highest BCUT2D eigenvalue weighted by molar-refractivity contribution is 8.01. The van der Waals surface area contributed by atoms with Crippen LogP contribution in [0.15, 0.2) is 28.6 Å². The lowest BCUT2D eigenvalue weighted by molar-refractivity contribution is 0.102. The van der Waals surface area contributed by atoms with Crippen LogP contribution >= 0.6 is 23.1 Å². The number of thioether (sulfide) groups is 1. The molecule has 5 nitrogen and oxygen atoms in total. The van der Waals surface area contributed by atoms with Crippen molar-refractivity contribution in [2.24, 2.45) is 0 Å². The summed E-state index contributed by atoms with van der Waals surface area (Å²) >= 11 is 2.92. The molecule has 28 heavy (non-hydrogen) atoms. The highest BCUT2D eigenvalue weighted by atomic mass is 32.2. The third-order valence-electron chi connectivity index (χ3n) is 4.90. The van der Waals surface area contributed by atoms with Crippen LogP contribution in [0.2, 0.25) is 0 Å². The lowest BCUT2D eigenvalue weighted by Gasteiger charge is -2.08. The molecule has 2 heterocycles. The number of nitrogens with one attached hydrogen (secondary N) is 1. The van der Waals surface area contributed by atoms with Crippen molar-refractivity contribution >= 4 is 39.7 Å². The van der Waals surface area contributed by atoms with Gasteiger partial charge in [-0.15, -0.1) is 10.2 Å². The Hall–Kier alpha value is -2.12. The summed E-state index contributed by atoms with van der Waals surface area (Å²) in [5.74, 6) is 0.508. The zero-order valence-electron chi connectivity index (χ0n) is 17.0. The molecule has 0 amide bonds. The van der Waals surface area contributed by atoms with Gasteiger partial charge in [-0.1, -0.05) is 42.2 Å². The third kappa shape index (κ3) is 4.47. The van der Waals surface area contributed by atoms with Crippen LogP contribution in [-0.4, -0.2) is 26.3 Å². The summed E-state index contributed by atoms with van der Waals surface area (Å²) in [5, 5.41) is 12.5. The fourth-order valence-corrected chi connectivity index (χ4v) is 4.82. The molecule has 1 N–H and O–H groups in total. The van der Waals surface area contributed by atoms with Crippen molar-refractivity contribution in [2.75, 3.05) is 11.1 Å². The van der Waals surface area contributed by atoms with Crippen molar-refractivity contribution in [3.63, 3.8) is 0 Å². The Kier molecular flexibility index (Phi) is 6.57. The van der Waals surface area contributed by atoms with E-state index < -0.39 is 0 Å². The van der Waals surface area contributed by atoms with Crippen LogP contribution < -0.4 is 5.32 Å². The standard InChI is InChI=1S/C21H26N4OS2/c1-6-10-25-14(3)11-17(16(25)5)19(26)12-27-21-24-23-20(28-21)22-18-9-7-8-13(2)15(18)4/h7-9,11H,6,10,12H2,1-5H3,(H,22,23). The normalized spacial score (nSPS) is 11.0. The van der Waals surface area contributed by atoms with Gasteiger partial charge in [0.15, 0.2) is 10.1 Å². The van der Waals surface area contributed by atoms with E-state index in [2.05, 4.69) is 53.8 Å². The summed E-state index contributed by atoms with van der Waals surface area (Å²) in [6.45, 7) is 11.4. The van der Waals surface area contributed by atoms with E-state index in [9.17, 15) is 4.79 Å². The molecule has 0 radical (unpaired) electrons. The molecule has 2 aromatic heterocycles. The molecule has 0 aliphatic heterocycles. The maximum absolute atomic E-state index is 12.7. The number of benzene rings is 1. The Morgan fingerprint density at radius 3 is 2.75 bits per heavy atom. The van der Waals surface area contributed by atoms with Gasteiger partial charge in [-0.2, -0.15) is 0 Å². The number of aromatic nitrogens is 3. The van der Waals surface area contributed by atoms with E-state index in [1.54, 1.807) is 0 Å². The second-order valence-electron chi connectivity index (χ2n) is 6.89. The number of rotatable bonds is 8. The number of hydrogen-bond acceptors (Lipinski definition) is 6.